The number of nitrogens with zero attached hydrogens (tertiary/aromatic N) is 1. The highest BCUT2D eigenvalue weighted by molar-refractivity contribution is 9.10. The van der Waals surface area contributed by atoms with Crippen LogP contribution < -0.4 is 5.73 Å². The number of thiophene rings is 1. The zero-order valence-electron chi connectivity index (χ0n) is 11.1. The second-order valence-electron chi connectivity index (χ2n) is 5.43. The highest BCUT2D eigenvalue weighted by atomic mass is 79.9. The summed E-state index contributed by atoms with van der Waals surface area (Å²) in [4.78, 5) is 3.91. The van der Waals surface area contributed by atoms with Crippen LogP contribution in [0, 0.1) is 0 Å². The van der Waals surface area contributed by atoms with Gasteiger partial charge in [0.25, 0.3) is 0 Å². The van der Waals surface area contributed by atoms with Crippen LogP contribution in [0.15, 0.2) is 15.9 Å². The van der Waals surface area contributed by atoms with Crippen LogP contribution in [0.1, 0.15) is 43.4 Å². The lowest BCUT2D eigenvalue weighted by atomic mass is 9.88. The lowest BCUT2D eigenvalue weighted by molar-refractivity contribution is 0.101. The molecule has 1 saturated carbocycles. The molecule has 2 nitrogen and oxygen atoms in total. The predicted molar refractivity (Wildman–Crippen MR) is 83.0 cm³/mol. The summed E-state index contributed by atoms with van der Waals surface area (Å²) >= 11 is 5.36. The minimum Gasteiger partial charge on any atom is -0.329 e. The van der Waals surface area contributed by atoms with Crippen molar-refractivity contribution >= 4 is 27.3 Å². The van der Waals surface area contributed by atoms with Crippen LogP contribution in [-0.4, -0.2) is 24.0 Å². The molecule has 0 unspecified atom stereocenters. The normalized spacial score (nSPS) is 20.0. The number of halogens is 1. The maximum atomic E-state index is 6.12. The fraction of sp³-hybridized carbons (Fsp3) is 0.714. The molecule has 1 aromatic rings. The van der Waals surface area contributed by atoms with E-state index >= 15 is 0 Å². The van der Waals surface area contributed by atoms with Gasteiger partial charge in [0.15, 0.2) is 0 Å². The molecule has 0 saturated heterocycles. The van der Waals surface area contributed by atoms with E-state index in [0.29, 0.717) is 0 Å². The molecule has 102 valence electrons. The maximum Gasteiger partial charge on any atom is 0.0332 e. The van der Waals surface area contributed by atoms with E-state index < -0.39 is 0 Å². The Morgan fingerprint density at radius 1 is 1.33 bits per heavy atom. The molecule has 0 aliphatic heterocycles. The summed E-state index contributed by atoms with van der Waals surface area (Å²) in [6.07, 6.45) is 7.92. The standard InChI is InChI=1S/C14H23BrN2S/c1-17(9-13-8-12(15)10-18-13)14(11-16)6-4-2-3-5-7-14/h8,10H,2-7,9,11,16H2,1H3. The number of nitrogens with two attached hydrogens (primary N) is 1. The van der Waals surface area contributed by atoms with E-state index in [1.165, 1.54) is 47.9 Å². The second-order valence-corrected chi connectivity index (χ2v) is 7.34. The molecule has 0 aromatic carbocycles. The van der Waals surface area contributed by atoms with Crippen molar-refractivity contribution in [3.05, 3.63) is 20.8 Å². The molecule has 4 heteroatoms. The number of rotatable bonds is 4. The van der Waals surface area contributed by atoms with Gasteiger partial charge in [0.2, 0.25) is 0 Å². The van der Waals surface area contributed by atoms with Crippen LogP contribution in [0.3, 0.4) is 0 Å². The molecule has 0 spiro atoms. The van der Waals surface area contributed by atoms with Crippen molar-refractivity contribution in [1.82, 2.24) is 4.90 Å². The Morgan fingerprint density at radius 2 is 2.00 bits per heavy atom. The van der Waals surface area contributed by atoms with Gasteiger partial charge < -0.3 is 5.73 Å². The fourth-order valence-electron chi connectivity index (χ4n) is 2.97. The first-order chi connectivity index (χ1) is 8.66. The zero-order chi connectivity index (χ0) is 13.0. The molecule has 0 radical (unpaired) electrons. The Balaban J connectivity index is 2.06. The largest absolute Gasteiger partial charge is 0.329 e. The van der Waals surface area contributed by atoms with Crippen LogP contribution in [0.5, 0.6) is 0 Å². The molecule has 1 aliphatic carbocycles. The smallest absolute Gasteiger partial charge is 0.0332 e. The minimum atomic E-state index is 0.229. The Bertz CT molecular complexity index is 370. The summed E-state index contributed by atoms with van der Waals surface area (Å²) in [6.45, 7) is 1.81. The molecule has 18 heavy (non-hydrogen) atoms. The number of hydrogen-bond acceptors (Lipinski definition) is 3. The zero-order valence-corrected chi connectivity index (χ0v) is 13.5. The molecule has 1 heterocycles. The molecular formula is C14H23BrN2S. The van der Waals surface area contributed by atoms with E-state index in [2.05, 4.69) is 39.3 Å². The third-order valence-corrected chi connectivity index (χ3v) is 5.92. The van der Waals surface area contributed by atoms with Gasteiger partial charge in [0, 0.05) is 33.4 Å². The van der Waals surface area contributed by atoms with Gasteiger partial charge in [0.05, 0.1) is 0 Å². The lowest BCUT2D eigenvalue weighted by Gasteiger charge is -2.40. The Labute approximate surface area is 123 Å². The maximum absolute atomic E-state index is 6.12. The van der Waals surface area contributed by atoms with Crippen LogP contribution in [0.25, 0.3) is 0 Å². The van der Waals surface area contributed by atoms with E-state index in [9.17, 15) is 0 Å². The first-order valence-corrected chi connectivity index (χ1v) is 8.48. The highest BCUT2D eigenvalue weighted by Gasteiger charge is 2.33. The van der Waals surface area contributed by atoms with E-state index in [4.69, 9.17) is 5.73 Å². The average Bonchev–Trinajstić information content (AvgIpc) is 2.65. The molecule has 0 amide bonds. The fourth-order valence-corrected chi connectivity index (χ4v) is 4.47. The van der Waals surface area contributed by atoms with Crippen molar-refractivity contribution < 1.29 is 0 Å². The van der Waals surface area contributed by atoms with E-state index in [1.807, 2.05) is 11.3 Å². The van der Waals surface area contributed by atoms with Gasteiger partial charge in [-0.25, -0.2) is 0 Å². The Morgan fingerprint density at radius 3 is 2.50 bits per heavy atom. The molecule has 0 bridgehead atoms. The summed E-state index contributed by atoms with van der Waals surface area (Å²) in [5, 5.41) is 2.16. The Hall–Kier alpha value is 0.1000. The Kier molecular flexibility index (Phi) is 5.24. The first-order valence-electron chi connectivity index (χ1n) is 6.80. The van der Waals surface area contributed by atoms with Crippen LogP contribution >= 0.6 is 27.3 Å². The van der Waals surface area contributed by atoms with Crippen molar-refractivity contribution in [3.63, 3.8) is 0 Å². The summed E-state index contributed by atoms with van der Waals surface area (Å²) in [7, 11) is 2.24. The summed E-state index contributed by atoms with van der Waals surface area (Å²) in [5.74, 6) is 0. The number of hydrogen-bond donors (Lipinski definition) is 1. The van der Waals surface area contributed by atoms with E-state index in [0.717, 1.165) is 13.1 Å². The molecule has 1 aliphatic rings. The van der Waals surface area contributed by atoms with Gasteiger partial charge in [-0.3, -0.25) is 4.90 Å². The van der Waals surface area contributed by atoms with E-state index in [-0.39, 0.29) is 5.54 Å². The van der Waals surface area contributed by atoms with E-state index in [1.54, 1.807) is 0 Å². The van der Waals surface area contributed by atoms with Crippen molar-refractivity contribution in [2.45, 2.75) is 50.6 Å². The monoisotopic (exact) mass is 330 g/mol. The minimum absolute atomic E-state index is 0.229. The molecule has 2 N–H and O–H groups in total. The SMILES string of the molecule is CN(Cc1cc(Br)cs1)C1(CN)CCCCCC1. The summed E-state index contributed by atoms with van der Waals surface area (Å²) in [5.41, 5.74) is 6.35. The van der Waals surface area contributed by atoms with Gasteiger partial charge in [0.1, 0.15) is 0 Å². The summed E-state index contributed by atoms with van der Waals surface area (Å²) < 4.78 is 1.19. The quantitative estimate of drug-likeness (QED) is 0.845. The van der Waals surface area contributed by atoms with Crippen molar-refractivity contribution in [1.29, 1.82) is 0 Å². The van der Waals surface area contributed by atoms with Crippen molar-refractivity contribution in [2.24, 2.45) is 5.73 Å². The molecule has 2 rings (SSSR count). The first kappa shape index (κ1) is 14.5. The number of likely N-dealkylation sites (N-methyl/N-ethyl adjacent to an activating group) is 1. The van der Waals surface area contributed by atoms with Gasteiger partial charge >= 0.3 is 0 Å². The van der Waals surface area contributed by atoms with Crippen LogP contribution in [0.2, 0.25) is 0 Å². The average molecular weight is 331 g/mol. The second kappa shape index (κ2) is 6.51. The predicted octanol–water partition coefficient (Wildman–Crippen LogP) is 3.99. The lowest BCUT2D eigenvalue weighted by Crippen LogP contribution is -2.51. The van der Waals surface area contributed by atoms with Crippen molar-refractivity contribution in [3.8, 4) is 0 Å². The van der Waals surface area contributed by atoms with Crippen LogP contribution in [0.4, 0.5) is 0 Å². The summed E-state index contributed by atoms with van der Waals surface area (Å²) in [6, 6.07) is 2.22. The van der Waals surface area contributed by atoms with Crippen molar-refractivity contribution in [2.75, 3.05) is 13.6 Å². The molecule has 1 fully saturated rings. The highest BCUT2D eigenvalue weighted by Crippen LogP contribution is 2.33. The molecular weight excluding hydrogens is 308 g/mol. The topological polar surface area (TPSA) is 29.3 Å². The van der Waals surface area contributed by atoms with Gasteiger partial charge in [-0.2, -0.15) is 0 Å². The molecule has 0 atom stereocenters. The molecule has 1 aromatic heterocycles. The third-order valence-electron chi connectivity index (χ3n) is 4.24. The van der Waals surface area contributed by atoms with Gasteiger partial charge in [-0.1, -0.05) is 25.7 Å². The third kappa shape index (κ3) is 3.35. The van der Waals surface area contributed by atoms with Gasteiger partial charge in [-0.05, 0) is 41.9 Å². The van der Waals surface area contributed by atoms with Gasteiger partial charge in [-0.15, -0.1) is 11.3 Å². The van der Waals surface area contributed by atoms with Crippen LogP contribution in [-0.2, 0) is 6.54 Å².